The van der Waals surface area contributed by atoms with Gasteiger partial charge in [-0.05, 0) is 45.2 Å². The molecule has 16 heteroatoms. The summed E-state index contributed by atoms with van der Waals surface area (Å²) in [5.41, 5.74) is 16.6. The van der Waals surface area contributed by atoms with Gasteiger partial charge in [0.2, 0.25) is 23.6 Å². The van der Waals surface area contributed by atoms with E-state index in [0.717, 1.165) is 6.92 Å². The molecule has 0 heterocycles. The van der Waals surface area contributed by atoms with E-state index in [1.165, 1.54) is 0 Å². The average Bonchev–Trinajstić information content (AvgIpc) is 2.80. The number of rotatable bonds is 18. The van der Waals surface area contributed by atoms with Gasteiger partial charge in [0.1, 0.15) is 18.1 Å². The van der Waals surface area contributed by atoms with Crippen molar-refractivity contribution in [3.8, 4) is 0 Å². The van der Waals surface area contributed by atoms with Gasteiger partial charge in [0.05, 0.1) is 18.6 Å². The van der Waals surface area contributed by atoms with Gasteiger partial charge in [-0.3, -0.25) is 24.0 Å². The molecule has 0 aliphatic carbocycles. The molecule has 218 valence electrons. The molecule has 0 radical (unpaired) electrons. The topological polar surface area (TPSA) is 289 Å². The fourth-order valence-corrected chi connectivity index (χ4v) is 3.30. The van der Waals surface area contributed by atoms with Crippen molar-refractivity contribution in [3.05, 3.63) is 0 Å². The Labute approximate surface area is 220 Å². The molecule has 0 saturated carbocycles. The summed E-state index contributed by atoms with van der Waals surface area (Å²) >= 11 is 0. The number of hydrogen-bond donors (Lipinski definition) is 10. The van der Waals surface area contributed by atoms with Crippen LogP contribution >= 0.6 is 0 Å². The Hall–Kier alpha value is -3.34. The quantitative estimate of drug-likeness (QED) is 0.0784. The number of nitrogens with two attached hydrogens (primary N) is 3. The third kappa shape index (κ3) is 12.8. The van der Waals surface area contributed by atoms with Crippen LogP contribution < -0.4 is 38.5 Å². The average molecular weight is 548 g/mol. The molecule has 0 aromatic carbocycles. The maximum absolute atomic E-state index is 13.0. The van der Waals surface area contributed by atoms with Gasteiger partial charge < -0.3 is 53.8 Å². The van der Waals surface area contributed by atoms with Crippen LogP contribution in [0.2, 0.25) is 0 Å². The van der Waals surface area contributed by atoms with Crippen LogP contribution in [0.15, 0.2) is 0 Å². The first kappa shape index (κ1) is 34.7. The predicted octanol–water partition coefficient (Wildman–Crippen LogP) is -4.06. The van der Waals surface area contributed by atoms with Crippen LogP contribution in [-0.4, -0.2) is 100 Å². The lowest BCUT2D eigenvalue weighted by molar-refractivity contribution is -0.145. The molecule has 38 heavy (non-hydrogen) atoms. The second-order valence-electron chi connectivity index (χ2n) is 9.24. The first-order valence-corrected chi connectivity index (χ1v) is 12.1. The number of amides is 4. The lowest BCUT2D eigenvalue weighted by Gasteiger charge is -2.26. The summed E-state index contributed by atoms with van der Waals surface area (Å²) in [6.07, 6.45) is -2.19. The molecule has 0 unspecified atom stereocenters. The minimum atomic E-state index is -1.68. The summed E-state index contributed by atoms with van der Waals surface area (Å²) in [4.78, 5) is 73.5. The lowest BCUT2D eigenvalue weighted by atomic mass is 10.0. The Morgan fingerprint density at radius 2 is 1.18 bits per heavy atom. The number of aliphatic hydroxyl groups excluding tert-OH is 1. The number of carbonyl (C=O) groups excluding carboxylic acids is 4. The molecule has 0 saturated heterocycles. The van der Waals surface area contributed by atoms with Crippen molar-refractivity contribution in [2.75, 3.05) is 13.1 Å². The fraction of sp³-hybridized carbons (Fsp3) is 0.727. The molecule has 0 rings (SSSR count). The Morgan fingerprint density at radius 3 is 1.63 bits per heavy atom. The normalized spacial score (nSPS) is 15.8. The van der Waals surface area contributed by atoms with Crippen LogP contribution in [0.5, 0.6) is 0 Å². The van der Waals surface area contributed by atoms with Gasteiger partial charge in [0.25, 0.3) is 0 Å². The highest BCUT2D eigenvalue weighted by molar-refractivity contribution is 5.96. The number of carboxylic acid groups (broad SMARTS) is 2. The molecule has 16 nitrogen and oxygen atoms in total. The highest BCUT2D eigenvalue weighted by Crippen LogP contribution is 2.07. The van der Waals surface area contributed by atoms with Gasteiger partial charge in [-0.15, -0.1) is 0 Å². The van der Waals surface area contributed by atoms with E-state index in [0.29, 0.717) is 0 Å². The molecule has 6 atom stereocenters. The highest BCUT2D eigenvalue weighted by atomic mass is 16.4. The molecular formula is C22H41N7O9. The van der Waals surface area contributed by atoms with E-state index < -0.39 is 78.3 Å². The van der Waals surface area contributed by atoms with E-state index in [9.17, 15) is 39.0 Å². The van der Waals surface area contributed by atoms with Gasteiger partial charge >= 0.3 is 11.9 Å². The molecule has 0 aliphatic rings. The maximum Gasteiger partial charge on any atom is 0.328 e. The zero-order valence-electron chi connectivity index (χ0n) is 21.8. The van der Waals surface area contributed by atoms with E-state index in [1.807, 2.05) is 0 Å². The minimum Gasteiger partial charge on any atom is -0.481 e. The summed E-state index contributed by atoms with van der Waals surface area (Å²) < 4.78 is 0. The summed E-state index contributed by atoms with van der Waals surface area (Å²) in [5, 5.41) is 37.1. The van der Waals surface area contributed by atoms with Crippen molar-refractivity contribution < 1.29 is 44.1 Å². The Morgan fingerprint density at radius 1 is 0.711 bits per heavy atom. The number of hydrogen-bond acceptors (Lipinski definition) is 10. The molecular weight excluding hydrogens is 506 g/mol. The summed E-state index contributed by atoms with van der Waals surface area (Å²) in [6, 6.07) is -6.88. The molecule has 0 aliphatic heterocycles. The molecule has 0 aromatic heterocycles. The number of nitrogens with one attached hydrogen (secondary N) is 4. The predicted molar refractivity (Wildman–Crippen MR) is 134 cm³/mol. The first-order chi connectivity index (χ1) is 17.6. The fourth-order valence-electron chi connectivity index (χ4n) is 3.30. The molecule has 4 amide bonds. The summed E-state index contributed by atoms with van der Waals surface area (Å²) in [6.45, 7) is 4.72. The van der Waals surface area contributed by atoms with Gasteiger partial charge in [-0.2, -0.15) is 0 Å². The Kier molecular flexibility index (Phi) is 15.7. The number of carboxylic acids is 2. The van der Waals surface area contributed by atoms with E-state index in [2.05, 4.69) is 21.3 Å². The Balaban J connectivity index is 5.73. The summed E-state index contributed by atoms with van der Waals surface area (Å²) in [5.74, 6) is -6.61. The van der Waals surface area contributed by atoms with Crippen molar-refractivity contribution >= 4 is 35.6 Å². The zero-order valence-corrected chi connectivity index (χ0v) is 21.8. The largest absolute Gasteiger partial charge is 0.481 e. The van der Waals surface area contributed by atoms with Crippen molar-refractivity contribution in [1.82, 2.24) is 21.3 Å². The molecule has 0 fully saturated rings. The SMILES string of the molecule is CC(C)C[C@@H](NC(=O)[C@@H](N)CCN)C(=O)N[C@@H](CC(=O)O)C(=O)N[C@@H](CCN)C(=O)N[C@H](C(=O)O)[C@@H](C)O. The van der Waals surface area contributed by atoms with Gasteiger partial charge in [0.15, 0.2) is 6.04 Å². The lowest BCUT2D eigenvalue weighted by Crippen LogP contribution is -2.59. The van der Waals surface area contributed by atoms with Crippen molar-refractivity contribution in [3.63, 3.8) is 0 Å². The number of aliphatic hydroxyl groups is 1. The van der Waals surface area contributed by atoms with Gasteiger partial charge in [-0.25, -0.2) is 4.79 Å². The van der Waals surface area contributed by atoms with Crippen LogP contribution in [0.3, 0.4) is 0 Å². The number of aliphatic carboxylic acids is 2. The molecule has 0 aromatic rings. The molecule has 13 N–H and O–H groups in total. The first-order valence-electron chi connectivity index (χ1n) is 12.1. The maximum atomic E-state index is 13.0. The van der Waals surface area contributed by atoms with Crippen LogP contribution in [0.4, 0.5) is 0 Å². The second kappa shape index (κ2) is 17.2. The van der Waals surface area contributed by atoms with E-state index in [-0.39, 0.29) is 38.3 Å². The van der Waals surface area contributed by atoms with E-state index >= 15 is 0 Å². The smallest absolute Gasteiger partial charge is 0.328 e. The van der Waals surface area contributed by atoms with Crippen LogP contribution in [-0.2, 0) is 28.8 Å². The van der Waals surface area contributed by atoms with E-state index in [1.54, 1.807) is 13.8 Å². The third-order valence-corrected chi connectivity index (χ3v) is 5.30. The second-order valence-corrected chi connectivity index (χ2v) is 9.24. The standard InChI is InChI=1S/C22H41N7O9/c1-10(2)8-14(27-18(33)12(25)4-6-23)20(35)28-15(9-16(31)32)21(36)26-13(5-7-24)19(34)29-17(11(3)30)22(37)38/h10-15,17,30H,4-9,23-25H2,1-3H3,(H,26,36)(H,27,33)(H,28,35)(H,29,34)(H,31,32)(H,37,38)/t11-,12+,13+,14-,15+,17+/m1/s1. The molecule has 0 bridgehead atoms. The van der Waals surface area contributed by atoms with Crippen LogP contribution in [0, 0.1) is 5.92 Å². The van der Waals surface area contributed by atoms with Crippen molar-refractivity contribution in [2.45, 2.75) is 82.8 Å². The van der Waals surface area contributed by atoms with Crippen molar-refractivity contribution in [2.24, 2.45) is 23.1 Å². The van der Waals surface area contributed by atoms with Crippen molar-refractivity contribution in [1.29, 1.82) is 0 Å². The summed E-state index contributed by atoms with van der Waals surface area (Å²) in [7, 11) is 0. The Bertz CT molecular complexity index is 838. The monoisotopic (exact) mass is 547 g/mol. The number of carbonyl (C=O) groups is 6. The van der Waals surface area contributed by atoms with Crippen LogP contribution in [0.25, 0.3) is 0 Å². The molecule has 0 spiro atoms. The van der Waals surface area contributed by atoms with Gasteiger partial charge in [0, 0.05) is 0 Å². The van der Waals surface area contributed by atoms with Crippen LogP contribution in [0.1, 0.15) is 46.5 Å². The highest BCUT2D eigenvalue weighted by Gasteiger charge is 2.33. The van der Waals surface area contributed by atoms with Gasteiger partial charge in [-0.1, -0.05) is 13.8 Å². The third-order valence-electron chi connectivity index (χ3n) is 5.30. The van der Waals surface area contributed by atoms with E-state index in [4.69, 9.17) is 22.3 Å². The minimum absolute atomic E-state index is 0.0859. The zero-order chi connectivity index (χ0) is 29.6.